The topological polar surface area (TPSA) is 53.9 Å². The first-order valence-corrected chi connectivity index (χ1v) is 14.4. The number of anilines is 1. The van der Waals surface area contributed by atoms with Crippen molar-refractivity contribution in [3.8, 4) is 0 Å². The summed E-state index contributed by atoms with van der Waals surface area (Å²) in [6, 6.07) is 29.4. The van der Waals surface area contributed by atoms with E-state index in [1.54, 1.807) is 16.7 Å². The quantitative estimate of drug-likeness (QED) is 0.352. The van der Waals surface area contributed by atoms with Gasteiger partial charge in [0, 0.05) is 32.4 Å². The monoisotopic (exact) mass is 554 g/mol. The molecule has 5 nitrogen and oxygen atoms in total. The van der Waals surface area contributed by atoms with Crippen molar-refractivity contribution < 1.29 is 14.5 Å². The van der Waals surface area contributed by atoms with Crippen LogP contribution >= 0.6 is 23.4 Å². The van der Waals surface area contributed by atoms with Crippen LogP contribution in [0, 0.1) is 0 Å². The fourth-order valence-corrected chi connectivity index (χ4v) is 6.49. The predicted octanol–water partition coefficient (Wildman–Crippen LogP) is 5.02. The Morgan fingerprint density at radius 1 is 0.923 bits per heavy atom. The zero-order valence-corrected chi connectivity index (χ0v) is 23.0. The minimum Gasteiger partial charge on any atom is -0.346 e. The van der Waals surface area contributed by atoms with Gasteiger partial charge in [0.2, 0.25) is 0 Å². The number of halogens is 1. The van der Waals surface area contributed by atoms with Crippen molar-refractivity contribution in [2.24, 2.45) is 0 Å². The van der Waals surface area contributed by atoms with Crippen molar-refractivity contribution in [2.75, 3.05) is 24.5 Å². The van der Waals surface area contributed by atoms with Crippen molar-refractivity contribution in [1.29, 1.82) is 0 Å². The lowest BCUT2D eigenvalue weighted by Crippen LogP contribution is -3.12. The van der Waals surface area contributed by atoms with Crippen LogP contribution < -0.4 is 15.1 Å². The van der Waals surface area contributed by atoms with Gasteiger partial charge < -0.3 is 15.1 Å². The molecule has 4 aromatic rings. The fourth-order valence-electron chi connectivity index (χ4n) is 5.30. The summed E-state index contributed by atoms with van der Waals surface area (Å²) in [6.07, 6.45) is 1.07. The largest absolute Gasteiger partial charge is 0.346 e. The molecule has 0 radical (unpaired) electrons. The van der Waals surface area contributed by atoms with E-state index in [1.807, 2.05) is 66.7 Å². The van der Waals surface area contributed by atoms with Gasteiger partial charge in [-0.3, -0.25) is 9.59 Å². The van der Waals surface area contributed by atoms with E-state index in [-0.39, 0.29) is 11.8 Å². The second-order valence-electron chi connectivity index (χ2n) is 10.00. The van der Waals surface area contributed by atoms with Crippen LogP contribution in [0.15, 0.2) is 101 Å². The molecule has 196 valence electrons. The number of benzene rings is 4. The smallest absolute Gasteiger partial charge is 0.259 e. The highest BCUT2D eigenvalue weighted by molar-refractivity contribution is 7.99. The number of amides is 2. The highest BCUT2D eigenvalue weighted by Crippen LogP contribution is 2.42. The third-order valence-electron chi connectivity index (χ3n) is 7.42. The molecule has 2 aliphatic rings. The van der Waals surface area contributed by atoms with Crippen LogP contribution in [0.1, 0.15) is 37.4 Å². The van der Waals surface area contributed by atoms with Gasteiger partial charge in [0.15, 0.2) is 0 Å². The lowest BCUT2D eigenvalue weighted by Gasteiger charge is -2.26. The minimum absolute atomic E-state index is 0.0849. The van der Waals surface area contributed by atoms with Gasteiger partial charge in [-0.25, -0.2) is 0 Å². The third kappa shape index (κ3) is 5.59. The summed E-state index contributed by atoms with van der Waals surface area (Å²) in [5, 5.41) is 3.76. The fraction of sp³-hybridized carbons (Fsp3) is 0.188. The molecule has 39 heavy (non-hydrogen) atoms. The first-order chi connectivity index (χ1) is 19.0. The van der Waals surface area contributed by atoms with Gasteiger partial charge >= 0.3 is 0 Å². The van der Waals surface area contributed by atoms with Gasteiger partial charge in [0.25, 0.3) is 11.8 Å². The predicted molar refractivity (Wildman–Crippen MR) is 156 cm³/mol. The van der Waals surface area contributed by atoms with E-state index in [4.69, 9.17) is 11.6 Å². The van der Waals surface area contributed by atoms with Gasteiger partial charge in [-0.15, -0.1) is 0 Å². The molecule has 0 aromatic heterocycles. The lowest BCUT2D eigenvalue weighted by molar-refractivity contribution is -0.914. The highest BCUT2D eigenvalue weighted by atomic mass is 35.5. The number of carbonyl (C=O) groups is 2. The average molecular weight is 555 g/mol. The Balaban J connectivity index is 1.21. The van der Waals surface area contributed by atoms with Crippen molar-refractivity contribution in [3.05, 3.63) is 124 Å². The number of fused-ring (bicyclic) bond motifs is 3. The van der Waals surface area contributed by atoms with Crippen LogP contribution in [-0.2, 0) is 19.5 Å². The molecule has 7 heteroatoms. The summed E-state index contributed by atoms with van der Waals surface area (Å²) < 4.78 is 0. The maximum absolute atomic E-state index is 13.8. The maximum atomic E-state index is 13.8. The molecule has 0 saturated heterocycles. The highest BCUT2D eigenvalue weighted by Gasteiger charge is 2.28. The van der Waals surface area contributed by atoms with Crippen molar-refractivity contribution >= 4 is 40.9 Å². The van der Waals surface area contributed by atoms with E-state index in [0.29, 0.717) is 29.2 Å². The summed E-state index contributed by atoms with van der Waals surface area (Å²) in [5.74, 6) is -0.210. The molecule has 6 rings (SSSR count). The second kappa shape index (κ2) is 11.3. The molecule has 2 aliphatic heterocycles. The molecule has 2 amide bonds. The molecule has 2 heterocycles. The standard InChI is InChI=1S/C32H28ClN3O2S/c33-26-12-9-22(10-13-26)20-36-28-19-24(11-14-30(28)39-29-8-4-3-7-27(29)32(36)38)31(37)34-16-18-35-17-15-23-5-1-2-6-25(23)21-35/h1-14,19H,15-18,20-21H2,(H,34,37)/p+1. The lowest BCUT2D eigenvalue weighted by atomic mass is 10.00. The van der Waals surface area contributed by atoms with Gasteiger partial charge in [0.1, 0.15) is 6.54 Å². The van der Waals surface area contributed by atoms with Gasteiger partial charge in [-0.2, -0.15) is 0 Å². The number of hydrogen-bond acceptors (Lipinski definition) is 3. The zero-order valence-electron chi connectivity index (χ0n) is 21.5. The number of nitrogens with one attached hydrogen (secondary N) is 2. The minimum atomic E-state index is -0.125. The van der Waals surface area contributed by atoms with Crippen molar-refractivity contribution in [3.63, 3.8) is 0 Å². The number of quaternary nitrogens is 1. The summed E-state index contributed by atoms with van der Waals surface area (Å²) in [7, 11) is 0. The van der Waals surface area contributed by atoms with E-state index in [1.165, 1.54) is 16.0 Å². The van der Waals surface area contributed by atoms with E-state index in [2.05, 4.69) is 29.6 Å². The molecule has 0 bridgehead atoms. The Bertz CT molecular complexity index is 1540. The van der Waals surface area contributed by atoms with Crippen LogP contribution in [0.2, 0.25) is 5.02 Å². The summed E-state index contributed by atoms with van der Waals surface area (Å²) in [6.45, 7) is 3.91. The van der Waals surface area contributed by atoms with Crippen LogP contribution in [0.5, 0.6) is 0 Å². The van der Waals surface area contributed by atoms with E-state index < -0.39 is 0 Å². The van der Waals surface area contributed by atoms with Crippen LogP contribution in [0.3, 0.4) is 0 Å². The van der Waals surface area contributed by atoms with Gasteiger partial charge in [0.05, 0.1) is 37.4 Å². The molecule has 2 N–H and O–H groups in total. The number of rotatable bonds is 6. The SMILES string of the molecule is O=C(NCC[NH+]1CCc2ccccc2C1)c1ccc2c(c1)N(Cc1ccc(Cl)cc1)C(=O)c1ccccc1S2. The molecule has 1 unspecified atom stereocenters. The number of carbonyl (C=O) groups excluding carboxylic acids is 2. The number of nitrogens with zero attached hydrogens (tertiary/aromatic N) is 1. The Kier molecular flexibility index (Phi) is 7.42. The molecular formula is C32H29ClN3O2S+. The Morgan fingerprint density at radius 3 is 2.54 bits per heavy atom. The van der Waals surface area contributed by atoms with Crippen molar-refractivity contribution in [1.82, 2.24) is 5.32 Å². The summed E-state index contributed by atoms with van der Waals surface area (Å²) in [4.78, 5) is 32.1. The Labute approximate surface area is 237 Å². The summed E-state index contributed by atoms with van der Waals surface area (Å²) >= 11 is 7.65. The molecule has 4 aromatic carbocycles. The Hall–Kier alpha value is -3.58. The third-order valence-corrected chi connectivity index (χ3v) is 8.81. The molecule has 0 saturated carbocycles. The van der Waals surface area contributed by atoms with Crippen LogP contribution in [-0.4, -0.2) is 31.4 Å². The second-order valence-corrected chi connectivity index (χ2v) is 11.5. The van der Waals surface area contributed by atoms with Crippen LogP contribution in [0.4, 0.5) is 5.69 Å². The van der Waals surface area contributed by atoms with Crippen LogP contribution in [0.25, 0.3) is 0 Å². The molecule has 0 fully saturated rings. The average Bonchev–Trinajstić information content (AvgIpc) is 3.08. The number of hydrogen-bond donors (Lipinski definition) is 2. The van der Waals surface area contributed by atoms with Crippen molar-refractivity contribution in [2.45, 2.75) is 29.3 Å². The molecular weight excluding hydrogens is 526 g/mol. The van der Waals surface area contributed by atoms with E-state index >= 15 is 0 Å². The maximum Gasteiger partial charge on any atom is 0.259 e. The zero-order chi connectivity index (χ0) is 26.8. The molecule has 0 aliphatic carbocycles. The van der Waals surface area contributed by atoms with E-state index in [9.17, 15) is 9.59 Å². The summed E-state index contributed by atoms with van der Waals surface area (Å²) in [5.41, 5.74) is 5.75. The first-order valence-electron chi connectivity index (χ1n) is 13.2. The van der Waals surface area contributed by atoms with Gasteiger partial charge in [-0.05, 0) is 53.6 Å². The molecule has 1 atom stereocenters. The first kappa shape index (κ1) is 25.7. The van der Waals surface area contributed by atoms with Gasteiger partial charge in [-0.1, -0.05) is 71.9 Å². The normalized spacial score (nSPS) is 16.1. The van der Waals surface area contributed by atoms with E-state index in [0.717, 1.165) is 47.1 Å². The molecule has 0 spiro atoms. The Morgan fingerprint density at radius 2 is 1.69 bits per heavy atom.